The van der Waals surface area contributed by atoms with Gasteiger partial charge in [0.25, 0.3) is 5.97 Å². The second-order valence-electron chi connectivity index (χ2n) is 2.12. The van der Waals surface area contributed by atoms with Gasteiger partial charge in [-0.15, -0.1) is 0 Å². The molecule has 0 aromatic heterocycles. The fraction of sp³-hybridized carbons (Fsp3) is 0.667. The minimum Gasteiger partial charge on any atom is -0.481 e. The van der Waals surface area contributed by atoms with Crippen LogP contribution in [-0.4, -0.2) is 28.3 Å². The summed E-state index contributed by atoms with van der Waals surface area (Å²) in [7, 11) is 0. The van der Waals surface area contributed by atoms with E-state index in [1.54, 1.807) is 0 Å². The summed E-state index contributed by atoms with van der Waals surface area (Å²) in [6, 6.07) is 0. The first kappa shape index (κ1) is 14.3. The highest BCUT2D eigenvalue weighted by Crippen LogP contribution is 2.25. The molecule has 0 aliphatic rings. The molecule has 0 spiro atoms. The second-order valence-corrected chi connectivity index (χ2v) is 2.12. The van der Waals surface area contributed by atoms with Crippen molar-refractivity contribution in [2.45, 2.75) is 20.0 Å². The summed E-state index contributed by atoms with van der Waals surface area (Å²) < 4.78 is 34.0. The molecule has 2 N–H and O–H groups in total. The van der Waals surface area contributed by atoms with E-state index in [9.17, 15) is 18.0 Å². The van der Waals surface area contributed by atoms with E-state index in [1.807, 2.05) is 0 Å². The van der Waals surface area contributed by atoms with Gasteiger partial charge in [-0.1, -0.05) is 0 Å². The van der Waals surface area contributed by atoms with Gasteiger partial charge >= 0.3 is 12.1 Å². The number of hydrogen-bond acceptors (Lipinski definition) is 2. The van der Waals surface area contributed by atoms with Crippen molar-refractivity contribution in [1.82, 2.24) is 0 Å². The van der Waals surface area contributed by atoms with Crippen LogP contribution in [0.25, 0.3) is 0 Å². The topological polar surface area (TPSA) is 74.6 Å². The highest BCUT2D eigenvalue weighted by Gasteiger charge is 2.41. The lowest BCUT2D eigenvalue weighted by molar-refractivity contribution is -0.189. The summed E-state index contributed by atoms with van der Waals surface area (Å²) >= 11 is 0. The Labute approximate surface area is 72.0 Å². The summed E-state index contributed by atoms with van der Waals surface area (Å²) in [5.41, 5.74) is 0. The molecule has 0 radical (unpaired) electrons. The summed E-state index contributed by atoms with van der Waals surface area (Å²) in [6.45, 7) is 1.68. The third-order valence-corrected chi connectivity index (χ3v) is 0.861. The zero-order chi connectivity index (χ0) is 11.2. The van der Waals surface area contributed by atoms with Crippen LogP contribution in [-0.2, 0) is 9.59 Å². The van der Waals surface area contributed by atoms with E-state index in [2.05, 4.69) is 0 Å². The smallest absolute Gasteiger partial charge is 0.401 e. The van der Waals surface area contributed by atoms with Crippen molar-refractivity contribution in [3.05, 3.63) is 0 Å². The SMILES string of the molecule is CC(=O)O.C[C@H](C(=O)O)C(F)(F)F. The monoisotopic (exact) mass is 202 g/mol. The molecule has 0 aromatic rings. The predicted octanol–water partition coefficient (Wildman–Crippen LogP) is 1.36. The van der Waals surface area contributed by atoms with Gasteiger partial charge in [0, 0.05) is 6.92 Å². The Morgan fingerprint density at radius 1 is 1.23 bits per heavy atom. The maximum Gasteiger partial charge on any atom is 0.401 e. The molecule has 0 unspecified atom stereocenters. The van der Waals surface area contributed by atoms with Crippen LogP contribution in [0.15, 0.2) is 0 Å². The molecular weight excluding hydrogens is 193 g/mol. The van der Waals surface area contributed by atoms with E-state index >= 15 is 0 Å². The molecule has 13 heavy (non-hydrogen) atoms. The zero-order valence-corrected chi connectivity index (χ0v) is 6.92. The average Bonchev–Trinajstić information content (AvgIpc) is 1.82. The first-order valence-corrected chi connectivity index (χ1v) is 3.08. The quantitative estimate of drug-likeness (QED) is 0.673. The summed E-state index contributed by atoms with van der Waals surface area (Å²) in [5.74, 6) is -4.94. The molecule has 0 aliphatic heterocycles. The predicted molar refractivity (Wildman–Crippen MR) is 36.2 cm³/mol. The molecular formula is C6H9F3O4. The lowest BCUT2D eigenvalue weighted by atomic mass is 10.2. The van der Waals surface area contributed by atoms with Crippen LogP contribution in [0.4, 0.5) is 13.2 Å². The minimum absolute atomic E-state index is 0.600. The van der Waals surface area contributed by atoms with E-state index in [0.29, 0.717) is 6.92 Å². The van der Waals surface area contributed by atoms with Crippen molar-refractivity contribution < 1.29 is 33.0 Å². The number of halogens is 3. The Hall–Kier alpha value is -1.27. The number of carboxylic acid groups (broad SMARTS) is 2. The molecule has 0 saturated carbocycles. The standard InChI is InChI=1S/C4H5F3O2.C2H4O2/c1-2(3(8)9)4(5,6)7;1-2(3)4/h2H,1H3,(H,8,9);1H3,(H,3,4)/t2-;/m1./s1. The minimum atomic E-state index is -4.62. The number of carbonyl (C=O) groups is 2. The van der Waals surface area contributed by atoms with E-state index < -0.39 is 24.0 Å². The largest absolute Gasteiger partial charge is 0.481 e. The van der Waals surface area contributed by atoms with Crippen molar-refractivity contribution >= 4 is 11.9 Å². The highest BCUT2D eigenvalue weighted by atomic mass is 19.4. The van der Waals surface area contributed by atoms with Gasteiger partial charge < -0.3 is 10.2 Å². The van der Waals surface area contributed by atoms with Gasteiger partial charge in [-0.25, -0.2) is 0 Å². The summed E-state index contributed by atoms with van der Waals surface area (Å²) in [5, 5.41) is 15.2. The molecule has 0 rings (SSSR count). The van der Waals surface area contributed by atoms with E-state index in [4.69, 9.17) is 15.0 Å². The molecule has 0 heterocycles. The Balaban J connectivity index is 0. The molecule has 0 aliphatic carbocycles. The average molecular weight is 202 g/mol. The molecule has 4 nitrogen and oxygen atoms in total. The van der Waals surface area contributed by atoms with Crippen molar-refractivity contribution in [3.63, 3.8) is 0 Å². The Bertz CT molecular complexity index is 183. The van der Waals surface area contributed by atoms with Crippen LogP contribution in [0.3, 0.4) is 0 Å². The fourth-order valence-electron chi connectivity index (χ4n) is 0.140. The fourth-order valence-corrected chi connectivity index (χ4v) is 0.140. The van der Waals surface area contributed by atoms with Gasteiger partial charge in [0.05, 0.1) is 0 Å². The van der Waals surface area contributed by atoms with Gasteiger partial charge in [0.1, 0.15) is 5.92 Å². The lowest BCUT2D eigenvalue weighted by Gasteiger charge is -2.09. The van der Waals surface area contributed by atoms with Crippen LogP contribution >= 0.6 is 0 Å². The van der Waals surface area contributed by atoms with Crippen LogP contribution < -0.4 is 0 Å². The van der Waals surface area contributed by atoms with Gasteiger partial charge in [0.2, 0.25) is 0 Å². The third-order valence-electron chi connectivity index (χ3n) is 0.861. The van der Waals surface area contributed by atoms with Crippen LogP contribution in [0.1, 0.15) is 13.8 Å². The van der Waals surface area contributed by atoms with Crippen molar-refractivity contribution in [2.24, 2.45) is 5.92 Å². The number of hydrogen-bond donors (Lipinski definition) is 2. The summed E-state index contributed by atoms with van der Waals surface area (Å²) in [6.07, 6.45) is -4.62. The molecule has 0 bridgehead atoms. The zero-order valence-electron chi connectivity index (χ0n) is 6.92. The normalized spacial score (nSPS) is 12.4. The molecule has 0 amide bonds. The maximum absolute atomic E-state index is 11.3. The molecule has 0 fully saturated rings. The summed E-state index contributed by atoms with van der Waals surface area (Å²) in [4.78, 5) is 18.6. The number of aliphatic carboxylic acids is 2. The first-order valence-electron chi connectivity index (χ1n) is 3.08. The third kappa shape index (κ3) is 10.7. The molecule has 7 heteroatoms. The van der Waals surface area contributed by atoms with E-state index in [0.717, 1.165) is 6.92 Å². The maximum atomic E-state index is 11.3. The number of rotatable bonds is 1. The number of alkyl halides is 3. The van der Waals surface area contributed by atoms with Gasteiger partial charge in [-0.3, -0.25) is 9.59 Å². The van der Waals surface area contributed by atoms with E-state index in [1.165, 1.54) is 0 Å². The van der Waals surface area contributed by atoms with Gasteiger partial charge in [0.15, 0.2) is 0 Å². The van der Waals surface area contributed by atoms with Gasteiger partial charge in [-0.05, 0) is 6.92 Å². The van der Waals surface area contributed by atoms with Gasteiger partial charge in [-0.2, -0.15) is 13.2 Å². The second kappa shape index (κ2) is 5.39. The number of carboxylic acids is 2. The first-order chi connectivity index (χ1) is 5.59. The highest BCUT2D eigenvalue weighted by molar-refractivity contribution is 5.70. The molecule has 0 aromatic carbocycles. The van der Waals surface area contributed by atoms with Crippen LogP contribution in [0, 0.1) is 5.92 Å². The Kier molecular flexibility index (Phi) is 5.91. The van der Waals surface area contributed by atoms with Crippen LogP contribution in [0.5, 0.6) is 0 Å². The molecule has 1 atom stereocenters. The Morgan fingerprint density at radius 3 is 1.46 bits per heavy atom. The lowest BCUT2D eigenvalue weighted by Crippen LogP contribution is -2.27. The van der Waals surface area contributed by atoms with E-state index in [-0.39, 0.29) is 0 Å². The van der Waals surface area contributed by atoms with Crippen molar-refractivity contribution in [2.75, 3.05) is 0 Å². The molecule has 0 saturated heterocycles. The van der Waals surface area contributed by atoms with Crippen molar-refractivity contribution in [1.29, 1.82) is 0 Å². The molecule has 78 valence electrons. The Morgan fingerprint density at radius 2 is 1.46 bits per heavy atom. The van der Waals surface area contributed by atoms with Crippen LogP contribution in [0.2, 0.25) is 0 Å². The van der Waals surface area contributed by atoms with Crippen molar-refractivity contribution in [3.8, 4) is 0 Å².